The number of aryl methyl sites for hydroxylation is 1. The highest BCUT2D eigenvalue weighted by molar-refractivity contribution is 8.01. The minimum absolute atomic E-state index is 0.0460. The second-order valence-corrected chi connectivity index (χ2v) is 6.61. The van der Waals surface area contributed by atoms with E-state index in [1.54, 1.807) is 32.3 Å². The summed E-state index contributed by atoms with van der Waals surface area (Å²) in [6, 6.07) is 5.26. The zero-order chi connectivity index (χ0) is 14.0. The summed E-state index contributed by atoms with van der Waals surface area (Å²) in [5, 5.41) is 8.91. The summed E-state index contributed by atoms with van der Waals surface area (Å²) in [4.78, 5) is 14.3. The fourth-order valence-electron chi connectivity index (χ4n) is 1.43. The van der Waals surface area contributed by atoms with Gasteiger partial charge in [0.1, 0.15) is 5.01 Å². The molecule has 0 unspecified atom stereocenters. The summed E-state index contributed by atoms with van der Waals surface area (Å²) in [7, 11) is 3.44. The predicted molar refractivity (Wildman–Crippen MR) is 77.6 cm³/mol. The molecule has 0 atom stereocenters. The van der Waals surface area contributed by atoms with Crippen molar-refractivity contribution in [1.82, 2.24) is 15.1 Å². The Hall–Kier alpha value is -1.60. The fraction of sp³-hybridized carbons (Fsp3) is 0.250. The van der Waals surface area contributed by atoms with Gasteiger partial charge in [-0.3, -0.25) is 4.79 Å². The Morgan fingerprint density at radius 2 is 2.11 bits per heavy atom. The van der Waals surface area contributed by atoms with Crippen LogP contribution in [0.3, 0.4) is 0 Å². The van der Waals surface area contributed by atoms with Crippen LogP contribution in [-0.2, 0) is 0 Å². The van der Waals surface area contributed by atoms with Gasteiger partial charge in [0, 0.05) is 30.2 Å². The maximum Gasteiger partial charge on any atom is 0.253 e. The molecule has 2 aromatic rings. The second kappa shape index (κ2) is 5.58. The van der Waals surface area contributed by atoms with Gasteiger partial charge < -0.3 is 10.6 Å². The predicted octanol–water partition coefficient (Wildman–Crippen LogP) is 2.28. The van der Waals surface area contributed by atoms with Gasteiger partial charge in [0.2, 0.25) is 0 Å². The van der Waals surface area contributed by atoms with Crippen molar-refractivity contribution in [2.75, 3.05) is 19.8 Å². The van der Waals surface area contributed by atoms with Gasteiger partial charge in [-0.25, -0.2) is 0 Å². The van der Waals surface area contributed by atoms with Crippen LogP contribution in [0.5, 0.6) is 0 Å². The number of aromatic nitrogens is 2. The van der Waals surface area contributed by atoms with E-state index in [0.29, 0.717) is 11.3 Å². The Morgan fingerprint density at radius 1 is 1.37 bits per heavy atom. The molecule has 2 N–H and O–H groups in total. The van der Waals surface area contributed by atoms with Crippen molar-refractivity contribution < 1.29 is 4.79 Å². The summed E-state index contributed by atoms with van der Waals surface area (Å²) in [6.45, 7) is 1.90. The summed E-state index contributed by atoms with van der Waals surface area (Å²) in [6.07, 6.45) is 0. The molecule has 0 saturated heterocycles. The number of rotatable bonds is 3. The molecule has 0 radical (unpaired) electrons. The average Bonchev–Trinajstić information content (AvgIpc) is 2.76. The van der Waals surface area contributed by atoms with Crippen LogP contribution in [0.1, 0.15) is 15.4 Å². The first-order valence-corrected chi connectivity index (χ1v) is 7.20. The highest BCUT2D eigenvalue weighted by Gasteiger charge is 2.12. The van der Waals surface area contributed by atoms with E-state index in [4.69, 9.17) is 5.73 Å². The molecule has 100 valence electrons. The third-order valence-electron chi connectivity index (χ3n) is 2.37. The second-order valence-electron chi connectivity index (χ2n) is 4.14. The monoisotopic (exact) mass is 294 g/mol. The maximum absolute atomic E-state index is 11.9. The van der Waals surface area contributed by atoms with Crippen molar-refractivity contribution in [3.05, 3.63) is 28.8 Å². The van der Waals surface area contributed by atoms with E-state index in [-0.39, 0.29) is 5.91 Å². The third kappa shape index (κ3) is 3.24. The molecular formula is C12H14N4OS2. The van der Waals surface area contributed by atoms with Crippen LogP contribution in [0.15, 0.2) is 27.4 Å². The maximum atomic E-state index is 11.9. The van der Waals surface area contributed by atoms with Gasteiger partial charge >= 0.3 is 0 Å². The molecule has 0 aliphatic carbocycles. The topological polar surface area (TPSA) is 72.1 Å². The number of carbonyl (C=O) groups is 1. The molecule has 19 heavy (non-hydrogen) atoms. The lowest BCUT2D eigenvalue weighted by Crippen LogP contribution is -2.21. The Labute approximate surface area is 119 Å². The van der Waals surface area contributed by atoms with Crippen LogP contribution in [0.4, 0.5) is 5.69 Å². The van der Waals surface area contributed by atoms with Gasteiger partial charge in [-0.2, -0.15) is 0 Å². The molecule has 1 aromatic carbocycles. The van der Waals surface area contributed by atoms with Crippen LogP contribution < -0.4 is 5.73 Å². The lowest BCUT2D eigenvalue weighted by molar-refractivity contribution is 0.0827. The Bertz CT molecular complexity index is 610. The van der Waals surface area contributed by atoms with E-state index >= 15 is 0 Å². The van der Waals surface area contributed by atoms with E-state index in [1.165, 1.54) is 28.0 Å². The number of amides is 1. The largest absolute Gasteiger partial charge is 0.398 e. The van der Waals surface area contributed by atoms with Crippen molar-refractivity contribution in [1.29, 1.82) is 0 Å². The van der Waals surface area contributed by atoms with Crippen LogP contribution in [-0.4, -0.2) is 35.1 Å². The number of carbonyl (C=O) groups excluding carboxylic acids is 1. The minimum atomic E-state index is -0.0460. The SMILES string of the molecule is Cc1nnc(Sc2cc(C(=O)N(C)C)ccc2N)s1. The summed E-state index contributed by atoms with van der Waals surface area (Å²) in [5.41, 5.74) is 7.18. The third-order valence-corrected chi connectivity index (χ3v) is 4.33. The zero-order valence-electron chi connectivity index (χ0n) is 10.9. The van der Waals surface area contributed by atoms with Gasteiger partial charge in [-0.1, -0.05) is 23.1 Å². The molecule has 0 aliphatic rings. The van der Waals surface area contributed by atoms with Gasteiger partial charge in [0.15, 0.2) is 4.34 Å². The number of hydrogen-bond acceptors (Lipinski definition) is 6. The first-order valence-electron chi connectivity index (χ1n) is 5.56. The first kappa shape index (κ1) is 13.8. The molecule has 0 spiro atoms. The van der Waals surface area contributed by atoms with Crippen LogP contribution in [0.25, 0.3) is 0 Å². The highest BCUT2D eigenvalue weighted by Crippen LogP contribution is 2.34. The summed E-state index contributed by atoms with van der Waals surface area (Å²) >= 11 is 2.93. The first-order chi connectivity index (χ1) is 8.97. The lowest BCUT2D eigenvalue weighted by Gasteiger charge is -2.11. The number of nitrogens with two attached hydrogens (primary N) is 1. The van der Waals surface area contributed by atoms with Crippen molar-refractivity contribution in [2.45, 2.75) is 16.2 Å². The standard InChI is InChI=1S/C12H14N4OS2/c1-7-14-15-12(18-7)19-10-6-8(4-5-9(10)13)11(17)16(2)3/h4-6H,13H2,1-3H3. The molecular weight excluding hydrogens is 280 g/mol. The quantitative estimate of drug-likeness (QED) is 0.879. The molecule has 2 rings (SSSR count). The van der Waals surface area contributed by atoms with Crippen molar-refractivity contribution >= 4 is 34.7 Å². The van der Waals surface area contributed by atoms with E-state index in [2.05, 4.69) is 10.2 Å². The smallest absolute Gasteiger partial charge is 0.253 e. The van der Waals surface area contributed by atoms with Gasteiger partial charge in [0.05, 0.1) is 0 Å². The number of nitrogens with zero attached hydrogens (tertiary/aromatic N) is 3. The fourth-order valence-corrected chi connectivity index (χ4v) is 3.28. The lowest BCUT2D eigenvalue weighted by atomic mass is 10.2. The summed E-state index contributed by atoms with van der Waals surface area (Å²) in [5.74, 6) is -0.0460. The van der Waals surface area contributed by atoms with Crippen LogP contribution >= 0.6 is 23.1 Å². The van der Waals surface area contributed by atoms with Gasteiger partial charge in [0.25, 0.3) is 5.91 Å². The van der Waals surface area contributed by atoms with E-state index in [1.807, 2.05) is 6.92 Å². The van der Waals surface area contributed by atoms with Crippen LogP contribution in [0.2, 0.25) is 0 Å². The molecule has 7 heteroatoms. The Kier molecular flexibility index (Phi) is 4.06. The normalized spacial score (nSPS) is 10.5. The average molecular weight is 294 g/mol. The van der Waals surface area contributed by atoms with Gasteiger partial charge in [-0.15, -0.1) is 10.2 Å². The zero-order valence-corrected chi connectivity index (χ0v) is 12.5. The van der Waals surface area contributed by atoms with E-state index < -0.39 is 0 Å². The molecule has 1 aromatic heterocycles. The van der Waals surface area contributed by atoms with Gasteiger partial charge in [-0.05, 0) is 25.1 Å². The molecule has 0 bridgehead atoms. The molecule has 5 nitrogen and oxygen atoms in total. The van der Waals surface area contributed by atoms with Crippen LogP contribution in [0, 0.1) is 6.92 Å². The Balaban J connectivity index is 2.29. The molecule has 0 fully saturated rings. The summed E-state index contributed by atoms with van der Waals surface area (Å²) < 4.78 is 0.818. The molecule has 0 aliphatic heterocycles. The number of nitrogen functional groups attached to an aromatic ring is 1. The number of anilines is 1. The van der Waals surface area contributed by atoms with E-state index in [0.717, 1.165) is 14.2 Å². The minimum Gasteiger partial charge on any atom is -0.398 e. The Morgan fingerprint density at radius 3 is 2.68 bits per heavy atom. The van der Waals surface area contributed by atoms with Crippen molar-refractivity contribution in [3.63, 3.8) is 0 Å². The molecule has 1 heterocycles. The van der Waals surface area contributed by atoms with Crippen molar-refractivity contribution in [3.8, 4) is 0 Å². The number of hydrogen-bond donors (Lipinski definition) is 1. The van der Waals surface area contributed by atoms with Crippen molar-refractivity contribution in [2.24, 2.45) is 0 Å². The number of benzene rings is 1. The molecule has 0 saturated carbocycles. The highest BCUT2D eigenvalue weighted by atomic mass is 32.2. The molecule has 1 amide bonds. The van der Waals surface area contributed by atoms with E-state index in [9.17, 15) is 4.79 Å².